The minimum absolute atomic E-state index is 0.0553. The summed E-state index contributed by atoms with van der Waals surface area (Å²) in [4.78, 5) is 2.80. The average Bonchev–Trinajstić information content (AvgIpc) is 2.92. The molecule has 0 fully saturated rings. The first-order chi connectivity index (χ1) is 10.6. The number of benzene rings is 1. The second kappa shape index (κ2) is 6.65. The number of aromatic nitrogens is 1. The van der Waals surface area contributed by atoms with E-state index in [9.17, 15) is 26.3 Å². The van der Waals surface area contributed by atoms with Gasteiger partial charge in [-0.1, -0.05) is 23.5 Å². The fourth-order valence-electron chi connectivity index (χ4n) is 1.53. The number of nitrogens with zero attached hydrogens (tertiary/aromatic N) is 1. The minimum Gasteiger partial charge on any atom is -0.484 e. The van der Waals surface area contributed by atoms with Crippen molar-refractivity contribution in [3.8, 4) is 5.75 Å². The molecule has 10 heteroatoms. The van der Waals surface area contributed by atoms with E-state index in [-0.39, 0.29) is 17.4 Å². The summed E-state index contributed by atoms with van der Waals surface area (Å²) in [7, 11) is 0. The van der Waals surface area contributed by atoms with Gasteiger partial charge in [-0.05, 0) is 17.7 Å². The molecule has 2 aromatic rings. The van der Waals surface area contributed by atoms with Crippen LogP contribution in [-0.4, -0.2) is 17.8 Å². The molecule has 0 aliphatic carbocycles. The number of ether oxygens (including phenoxy) is 1. The highest BCUT2D eigenvalue weighted by molar-refractivity contribution is 7.15. The molecule has 0 unspecified atom stereocenters. The highest BCUT2D eigenvalue weighted by Crippen LogP contribution is 2.35. The average molecular weight is 356 g/mol. The SMILES string of the molecule is FC(F)(F)COc1ccc(CNc2ncc(C(F)(F)F)s2)cc1. The van der Waals surface area contributed by atoms with Gasteiger partial charge in [-0.3, -0.25) is 0 Å². The van der Waals surface area contributed by atoms with E-state index in [4.69, 9.17) is 0 Å². The van der Waals surface area contributed by atoms with Gasteiger partial charge in [-0.15, -0.1) is 0 Å². The van der Waals surface area contributed by atoms with Crippen molar-refractivity contribution in [1.82, 2.24) is 4.98 Å². The number of rotatable bonds is 5. The van der Waals surface area contributed by atoms with Gasteiger partial charge >= 0.3 is 12.4 Å². The summed E-state index contributed by atoms with van der Waals surface area (Å²) in [6, 6.07) is 5.73. The maximum absolute atomic E-state index is 12.4. The molecule has 0 saturated carbocycles. The largest absolute Gasteiger partial charge is 0.484 e. The first kappa shape index (κ1) is 17.4. The maximum Gasteiger partial charge on any atom is 0.427 e. The Balaban J connectivity index is 1.88. The summed E-state index contributed by atoms with van der Waals surface area (Å²) >= 11 is 0.476. The summed E-state index contributed by atoms with van der Waals surface area (Å²) in [6.07, 6.45) is -8.11. The fraction of sp³-hybridized carbons (Fsp3) is 0.308. The zero-order valence-corrected chi connectivity index (χ0v) is 12.1. The Morgan fingerprint density at radius 1 is 1.04 bits per heavy atom. The first-order valence-electron chi connectivity index (χ1n) is 6.19. The quantitative estimate of drug-likeness (QED) is 0.788. The molecule has 0 amide bonds. The molecule has 1 aromatic carbocycles. The molecule has 126 valence electrons. The molecule has 0 spiro atoms. The topological polar surface area (TPSA) is 34.1 Å². The number of anilines is 1. The lowest BCUT2D eigenvalue weighted by Crippen LogP contribution is -2.19. The summed E-state index contributed by atoms with van der Waals surface area (Å²) in [5.41, 5.74) is 0.660. The van der Waals surface area contributed by atoms with Gasteiger partial charge in [0, 0.05) is 6.54 Å². The van der Waals surface area contributed by atoms with E-state index in [0.29, 0.717) is 16.9 Å². The number of hydrogen-bond acceptors (Lipinski definition) is 4. The summed E-state index contributed by atoms with van der Waals surface area (Å²) in [5.74, 6) is 0.0553. The van der Waals surface area contributed by atoms with Crippen LogP contribution in [0.15, 0.2) is 30.5 Å². The highest BCUT2D eigenvalue weighted by Gasteiger charge is 2.33. The zero-order chi connectivity index (χ0) is 17.1. The second-order valence-corrected chi connectivity index (χ2v) is 5.46. The third-order valence-corrected chi connectivity index (χ3v) is 3.55. The van der Waals surface area contributed by atoms with Gasteiger partial charge in [0.1, 0.15) is 10.6 Å². The van der Waals surface area contributed by atoms with E-state index >= 15 is 0 Å². The summed E-state index contributed by atoms with van der Waals surface area (Å²) < 4.78 is 77.8. The Kier molecular flexibility index (Phi) is 5.03. The number of nitrogens with one attached hydrogen (secondary N) is 1. The number of alkyl halides is 6. The van der Waals surface area contributed by atoms with Crippen molar-refractivity contribution in [2.24, 2.45) is 0 Å². The monoisotopic (exact) mass is 356 g/mol. The molecule has 3 nitrogen and oxygen atoms in total. The van der Waals surface area contributed by atoms with Crippen LogP contribution in [0.2, 0.25) is 0 Å². The van der Waals surface area contributed by atoms with Crippen LogP contribution in [0.5, 0.6) is 5.75 Å². The van der Waals surface area contributed by atoms with E-state index < -0.39 is 23.8 Å². The molecule has 1 N–H and O–H groups in total. The molecule has 0 aliphatic heterocycles. The predicted molar refractivity (Wildman–Crippen MR) is 72.4 cm³/mol. The molecule has 2 rings (SSSR count). The van der Waals surface area contributed by atoms with Crippen LogP contribution in [0.1, 0.15) is 10.4 Å². The van der Waals surface area contributed by atoms with Crippen LogP contribution in [0.25, 0.3) is 0 Å². The van der Waals surface area contributed by atoms with Gasteiger partial charge in [0.15, 0.2) is 11.7 Å². The van der Waals surface area contributed by atoms with Gasteiger partial charge in [0.2, 0.25) is 0 Å². The van der Waals surface area contributed by atoms with E-state index in [2.05, 4.69) is 15.0 Å². The Morgan fingerprint density at radius 2 is 1.70 bits per heavy atom. The standard InChI is InChI=1S/C13H10F6N2OS/c14-12(15,16)7-22-9-3-1-8(2-4-9)5-20-11-21-6-10(23-11)13(17,18)19/h1-4,6H,5,7H2,(H,20,21). The van der Waals surface area contributed by atoms with Gasteiger partial charge in [-0.25, -0.2) is 4.98 Å². The molecular formula is C13H10F6N2OS. The van der Waals surface area contributed by atoms with Crippen molar-refractivity contribution >= 4 is 16.5 Å². The van der Waals surface area contributed by atoms with Crippen LogP contribution >= 0.6 is 11.3 Å². The molecule has 1 heterocycles. The van der Waals surface area contributed by atoms with Crippen molar-refractivity contribution in [2.45, 2.75) is 18.9 Å². The number of halogens is 6. The van der Waals surface area contributed by atoms with Crippen molar-refractivity contribution in [1.29, 1.82) is 0 Å². The third kappa shape index (κ3) is 5.62. The molecule has 0 bridgehead atoms. The smallest absolute Gasteiger partial charge is 0.427 e. The molecule has 0 aliphatic rings. The van der Waals surface area contributed by atoms with Crippen LogP contribution in [-0.2, 0) is 12.7 Å². The third-order valence-electron chi connectivity index (χ3n) is 2.55. The maximum atomic E-state index is 12.4. The molecule has 23 heavy (non-hydrogen) atoms. The molecule has 1 aromatic heterocycles. The van der Waals surface area contributed by atoms with Crippen LogP contribution in [0.3, 0.4) is 0 Å². The van der Waals surface area contributed by atoms with Crippen molar-refractivity contribution in [3.63, 3.8) is 0 Å². The number of thiazole rings is 1. The fourth-order valence-corrected chi connectivity index (χ4v) is 2.21. The molecule has 0 atom stereocenters. The van der Waals surface area contributed by atoms with E-state index in [1.165, 1.54) is 24.3 Å². The lowest BCUT2D eigenvalue weighted by molar-refractivity contribution is -0.153. The van der Waals surface area contributed by atoms with Crippen LogP contribution in [0, 0.1) is 0 Å². The Morgan fingerprint density at radius 3 is 2.22 bits per heavy atom. The van der Waals surface area contributed by atoms with Crippen molar-refractivity contribution in [3.05, 3.63) is 40.9 Å². The summed E-state index contributed by atoms with van der Waals surface area (Å²) in [6.45, 7) is -1.20. The lowest BCUT2D eigenvalue weighted by Gasteiger charge is -2.09. The summed E-state index contributed by atoms with van der Waals surface area (Å²) in [5, 5.41) is 2.82. The van der Waals surface area contributed by atoms with E-state index in [1.807, 2.05) is 0 Å². The normalized spacial score (nSPS) is 12.3. The molecule has 0 saturated heterocycles. The van der Waals surface area contributed by atoms with Crippen molar-refractivity contribution in [2.75, 3.05) is 11.9 Å². The number of hydrogen-bond donors (Lipinski definition) is 1. The van der Waals surface area contributed by atoms with Crippen molar-refractivity contribution < 1.29 is 31.1 Å². The lowest BCUT2D eigenvalue weighted by atomic mass is 10.2. The highest BCUT2D eigenvalue weighted by atomic mass is 32.1. The molecule has 0 radical (unpaired) electrons. The minimum atomic E-state index is -4.44. The van der Waals surface area contributed by atoms with Crippen LogP contribution in [0.4, 0.5) is 31.5 Å². The van der Waals surface area contributed by atoms with Gasteiger partial charge in [0.25, 0.3) is 0 Å². The first-order valence-corrected chi connectivity index (χ1v) is 7.00. The van der Waals surface area contributed by atoms with Gasteiger partial charge in [-0.2, -0.15) is 26.3 Å². The zero-order valence-electron chi connectivity index (χ0n) is 11.3. The Bertz CT molecular complexity index is 635. The predicted octanol–water partition coefficient (Wildman–Crippen LogP) is 4.72. The van der Waals surface area contributed by atoms with E-state index in [1.54, 1.807) is 0 Å². The Hall–Kier alpha value is -1.97. The Labute approximate surface area is 130 Å². The van der Waals surface area contributed by atoms with Gasteiger partial charge in [0.05, 0.1) is 6.20 Å². The van der Waals surface area contributed by atoms with Crippen LogP contribution < -0.4 is 10.1 Å². The van der Waals surface area contributed by atoms with E-state index in [0.717, 1.165) is 6.20 Å². The van der Waals surface area contributed by atoms with Gasteiger partial charge < -0.3 is 10.1 Å². The second-order valence-electron chi connectivity index (χ2n) is 4.43. The molecular weight excluding hydrogens is 346 g/mol.